The summed E-state index contributed by atoms with van der Waals surface area (Å²) in [5, 5.41) is 13.0. The van der Waals surface area contributed by atoms with Gasteiger partial charge in [0.05, 0.1) is 0 Å². The molecule has 1 aliphatic heterocycles. The van der Waals surface area contributed by atoms with E-state index >= 15 is 0 Å². The fraction of sp³-hybridized carbons (Fsp3) is 0.538. The van der Waals surface area contributed by atoms with Gasteiger partial charge in [-0.2, -0.15) is 0 Å². The van der Waals surface area contributed by atoms with E-state index in [2.05, 4.69) is 10.2 Å². The summed E-state index contributed by atoms with van der Waals surface area (Å²) in [6, 6.07) is 2.95. The Labute approximate surface area is 101 Å². The second kappa shape index (κ2) is 5.47. The van der Waals surface area contributed by atoms with E-state index in [1.165, 1.54) is 12.1 Å². The van der Waals surface area contributed by atoms with Crippen LogP contribution in [-0.4, -0.2) is 42.7 Å². The zero-order valence-electron chi connectivity index (χ0n) is 10.2. The molecule has 0 saturated carbocycles. The fourth-order valence-electron chi connectivity index (χ4n) is 2.12. The average molecular weight is 238 g/mol. The topological polar surface area (TPSA) is 35.5 Å². The lowest BCUT2D eigenvalue weighted by Gasteiger charge is -2.27. The van der Waals surface area contributed by atoms with Crippen molar-refractivity contribution in [3.8, 4) is 5.75 Å². The molecule has 1 fully saturated rings. The zero-order valence-corrected chi connectivity index (χ0v) is 10.2. The Morgan fingerprint density at radius 2 is 2.06 bits per heavy atom. The molecule has 0 bridgehead atoms. The largest absolute Gasteiger partial charge is 0.508 e. The lowest BCUT2D eigenvalue weighted by Crippen LogP contribution is -2.44. The summed E-state index contributed by atoms with van der Waals surface area (Å²) in [6.07, 6.45) is 0.697. The van der Waals surface area contributed by atoms with E-state index in [1.54, 1.807) is 6.92 Å². The van der Waals surface area contributed by atoms with Gasteiger partial charge in [0.1, 0.15) is 11.6 Å². The average Bonchev–Trinajstić information content (AvgIpc) is 2.33. The molecule has 1 aliphatic rings. The molecule has 94 valence electrons. The number of hydrogen-bond acceptors (Lipinski definition) is 3. The van der Waals surface area contributed by atoms with Gasteiger partial charge in [-0.3, -0.25) is 0 Å². The zero-order chi connectivity index (χ0) is 12.3. The second-order valence-corrected chi connectivity index (χ2v) is 4.57. The third-order valence-corrected chi connectivity index (χ3v) is 3.27. The van der Waals surface area contributed by atoms with Crippen LogP contribution in [0.25, 0.3) is 0 Å². The van der Waals surface area contributed by atoms with Crippen molar-refractivity contribution < 1.29 is 9.50 Å². The van der Waals surface area contributed by atoms with Gasteiger partial charge in [-0.1, -0.05) is 0 Å². The van der Waals surface area contributed by atoms with Gasteiger partial charge in [-0.15, -0.1) is 0 Å². The van der Waals surface area contributed by atoms with E-state index in [1.807, 2.05) is 0 Å². The van der Waals surface area contributed by atoms with Crippen LogP contribution < -0.4 is 5.32 Å². The highest BCUT2D eigenvalue weighted by Crippen LogP contribution is 2.22. The number of phenols is 1. The Hall–Kier alpha value is -1.13. The number of aromatic hydroxyl groups is 1. The van der Waals surface area contributed by atoms with E-state index in [-0.39, 0.29) is 11.6 Å². The first-order chi connectivity index (χ1) is 8.16. The normalized spacial score (nSPS) is 17.3. The van der Waals surface area contributed by atoms with Crippen LogP contribution in [0.2, 0.25) is 0 Å². The maximum atomic E-state index is 13.4. The predicted molar refractivity (Wildman–Crippen MR) is 65.8 cm³/mol. The molecule has 3 nitrogen and oxygen atoms in total. The van der Waals surface area contributed by atoms with E-state index in [4.69, 9.17) is 0 Å². The first-order valence-electron chi connectivity index (χ1n) is 6.08. The van der Waals surface area contributed by atoms with Crippen molar-refractivity contribution in [2.75, 3.05) is 32.7 Å². The van der Waals surface area contributed by atoms with Crippen LogP contribution in [-0.2, 0) is 6.42 Å². The van der Waals surface area contributed by atoms with Crippen molar-refractivity contribution in [2.24, 2.45) is 0 Å². The van der Waals surface area contributed by atoms with Gasteiger partial charge in [-0.05, 0) is 36.6 Å². The minimum atomic E-state index is -0.238. The molecule has 2 rings (SSSR count). The third-order valence-electron chi connectivity index (χ3n) is 3.27. The summed E-state index contributed by atoms with van der Waals surface area (Å²) in [6.45, 7) is 6.60. The van der Waals surface area contributed by atoms with Crippen molar-refractivity contribution in [3.63, 3.8) is 0 Å². The number of piperazine rings is 1. The van der Waals surface area contributed by atoms with Gasteiger partial charge in [0.25, 0.3) is 0 Å². The van der Waals surface area contributed by atoms with Crippen LogP contribution >= 0.6 is 0 Å². The molecule has 0 spiro atoms. The van der Waals surface area contributed by atoms with Crippen LogP contribution in [0.1, 0.15) is 11.1 Å². The first kappa shape index (κ1) is 12.3. The molecular formula is C13H19FN2O. The van der Waals surface area contributed by atoms with E-state index in [0.29, 0.717) is 17.5 Å². The minimum absolute atomic E-state index is 0.207. The Morgan fingerprint density at radius 1 is 1.35 bits per heavy atom. The molecule has 1 aromatic carbocycles. The third kappa shape index (κ3) is 3.17. The van der Waals surface area contributed by atoms with Crippen molar-refractivity contribution in [2.45, 2.75) is 13.3 Å². The summed E-state index contributed by atoms with van der Waals surface area (Å²) < 4.78 is 13.4. The molecule has 0 aromatic heterocycles. The van der Waals surface area contributed by atoms with Gasteiger partial charge in [-0.25, -0.2) is 4.39 Å². The van der Waals surface area contributed by atoms with Gasteiger partial charge in [0, 0.05) is 32.7 Å². The molecule has 2 N–H and O–H groups in total. The van der Waals surface area contributed by atoms with Crippen LogP contribution in [0.4, 0.5) is 4.39 Å². The number of benzene rings is 1. The molecule has 0 unspecified atom stereocenters. The summed E-state index contributed by atoms with van der Waals surface area (Å²) in [4.78, 5) is 2.33. The van der Waals surface area contributed by atoms with Crippen LogP contribution in [0.3, 0.4) is 0 Å². The first-order valence-corrected chi connectivity index (χ1v) is 6.08. The Kier molecular flexibility index (Phi) is 3.97. The number of halogens is 1. The molecule has 17 heavy (non-hydrogen) atoms. The highest BCUT2D eigenvalue weighted by molar-refractivity contribution is 5.37. The quantitative estimate of drug-likeness (QED) is 0.833. The lowest BCUT2D eigenvalue weighted by molar-refractivity contribution is 0.243. The molecule has 1 heterocycles. The fourth-order valence-corrected chi connectivity index (χ4v) is 2.12. The van der Waals surface area contributed by atoms with Crippen LogP contribution in [0.5, 0.6) is 5.75 Å². The number of phenolic OH excluding ortho intramolecular Hbond substituents is 1. The Balaban J connectivity index is 1.96. The molecule has 0 aliphatic carbocycles. The minimum Gasteiger partial charge on any atom is -0.508 e. The van der Waals surface area contributed by atoms with E-state index in [9.17, 15) is 9.50 Å². The number of hydrogen-bond donors (Lipinski definition) is 2. The molecular weight excluding hydrogens is 219 g/mol. The van der Waals surface area contributed by atoms with Crippen molar-refractivity contribution in [1.29, 1.82) is 0 Å². The standard InChI is InChI=1S/C13H19FN2O/c1-10-8-13(17)11(9-12(10)14)2-5-16-6-3-15-4-7-16/h8-9,15,17H,2-7H2,1H3. The van der Waals surface area contributed by atoms with Gasteiger partial charge in [0.2, 0.25) is 0 Å². The lowest BCUT2D eigenvalue weighted by atomic mass is 10.1. The van der Waals surface area contributed by atoms with E-state index < -0.39 is 0 Å². The monoisotopic (exact) mass is 238 g/mol. The Bertz CT molecular complexity index is 389. The second-order valence-electron chi connectivity index (χ2n) is 4.57. The molecule has 4 heteroatoms. The van der Waals surface area contributed by atoms with Crippen LogP contribution in [0.15, 0.2) is 12.1 Å². The summed E-state index contributed by atoms with van der Waals surface area (Å²) in [5.74, 6) is -0.0304. The van der Waals surface area contributed by atoms with Crippen molar-refractivity contribution >= 4 is 0 Å². The summed E-state index contributed by atoms with van der Waals surface area (Å²) in [7, 11) is 0. The molecule has 0 atom stereocenters. The molecule has 0 radical (unpaired) electrons. The maximum Gasteiger partial charge on any atom is 0.126 e. The number of nitrogens with one attached hydrogen (secondary N) is 1. The summed E-state index contributed by atoms with van der Waals surface area (Å²) >= 11 is 0. The summed E-state index contributed by atoms with van der Waals surface area (Å²) in [5.41, 5.74) is 1.19. The number of nitrogens with zero attached hydrogens (tertiary/aromatic N) is 1. The van der Waals surface area contributed by atoms with Gasteiger partial charge >= 0.3 is 0 Å². The van der Waals surface area contributed by atoms with E-state index in [0.717, 1.165) is 32.7 Å². The SMILES string of the molecule is Cc1cc(O)c(CCN2CCNCC2)cc1F. The van der Waals surface area contributed by atoms with Gasteiger partial charge in [0.15, 0.2) is 0 Å². The Morgan fingerprint density at radius 3 is 2.76 bits per heavy atom. The van der Waals surface area contributed by atoms with Crippen molar-refractivity contribution in [1.82, 2.24) is 10.2 Å². The number of aryl methyl sites for hydroxylation is 1. The smallest absolute Gasteiger partial charge is 0.126 e. The highest BCUT2D eigenvalue weighted by Gasteiger charge is 2.11. The van der Waals surface area contributed by atoms with Crippen LogP contribution in [0, 0.1) is 12.7 Å². The molecule has 1 saturated heterocycles. The van der Waals surface area contributed by atoms with Gasteiger partial charge < -0.3 is 15.3 Å². The van der Waals surface area contributed by atoms with Crippen molar-refractivity contribution in [3.05, 3.63) is 29.1 Å². The number of rotatable bonds is 3. The highest BCUT2D eigenvalue weighted by atomic mass is 19.1. The molecule has 1 aromatic rings. The molecule has 0 amide bonds. The predicted octanol–water partition coefficient (Wildman–Crippen LogP) is 1.29. The maximum absolute atomic E-state index is 13.4.